The minimum atomic E-state index is -0.816. The summed E-state index contributed by atoms with van der Waals surface area (Å²) in [4.78, 5) is 19.7. The Kier molecular flexibility index (Phi) is 2.84. The summed E-state index contributed by atoms with van der Waals surface area (Å²) >= 11 is 0. The van der Waals surface area contributed by atoms with Gasteiger partial charge in [-0.1, -0.05) is 0 Å². The summed E-state index contributed by atoms with van der Waals surface area (Å²) in [5, 5.41) is 21.3. The molecule has 0 unspecified atom stereocenters. The summed E-state index contributed by atoms with van der Waals surface area (Å²) in [7, 11) is 1.22. The standard InChI is InChI=1S/C8H8N2O5/c1-5-3-4-6(15-2)8(10(13)14)7(5)9(11)12/h3-4H,1-2H3. The SMILES string of the molecule is COc1ccc(C)c([N+](=O)[O-])c1[N+](=O)[O-]. The number of benzene rings is 1. The van der Waals surface area contributed by atoms with Crippen LogP contribution in [0.3, 0.4) is 0 Å². The van der Waals surface area contributed by atoms with E-state index < -0.39 is 21.2 Å². The molecule has 0 aromatic heterocycles. The van der Waals surface area contributed by atoms with Crippen LogP contribution in [0.15, 0.2) is 12.1 Å². The van der Waals surface area contributed by atoms with Crippen LogP contribution in [0, 0.1) is 27.2 Å². The number of nitrogens with zero attached hydrogens (tertiary/aromatic N) is 2. The molecule has 0 fully saturated rings. The molecule has 7 heteroatoms. The predicted octanol–water partition coefficient (Wildman–Crippen LogP) is 1.82. The van der Waals surface area contributed by atoms with Crippen LogP contribution in [0.5, 0.6) is 5.75 Å². The summed E-state index contributed by atoms with van der Waals surface area (Å²) in [6.45, 7) is 1.44. The van der Waals surface area contributed by atoms with E-state index in [1.165, 1.54) is 26.2 Å². The molecule has 0 spiro atoms. The van der Waals surface area contributed by atoms with Gasteiger partial charge in [0.2, 0.25) is 5.75 Å². The van der Waals surface area contributed by atoms with E-state index in [4.69, 9.17) is 4.74 Å². The number of rotatable bonds is 3. The first-order valence-electron chi connectivity index (χ1n) is 3.95. The van der Waals surface area contributed by atoms with E-state index in [9.17, 15) is 20.2 Å². The first-order valence-corrected chi connectivity index (χ1v) is 3.95. The normalized spacial score (nSPS) is 9.73. The Morgan fingerprint density at radius 3 is 2.07 bits per heavy atom. The molecule has 0 N–H and O–H groups in total. The molecule has 0 saturated heterocycles. The van der Waals surface area contributed by atoms with Crippen molar-refractivity contribution >= 4 is 11.4 Å². The van der Waals surface area contributed by atoms with Gasteiger partial charge >= 0.3 is 11.4 Å². The summed E-state index contributed by atoms with van der Waals surface area (Å²) in [5.41, 5.74) is -0.908. The van der Waals surface area contributed by atoms with Crippen LogP contribution >= 0.6 is 0 Å². The first kappa shape index (κ1) is 10.9. The maximum absolute atomic E-state index is 10.7. The van der Waals surface area contributed by atoms with E-state index in [1.807, 2.05) is 0 Å². The van der Waals surface area contributed by atoms with Crippen LogP contribution in [0.1, 0.15) is 5.56 Å². The van der Waals surface area contributed by atoms with Gasteiger partial charge in [-0.3, -0.25) is 20.2 Å². The van der Waals surface area contributed by atoms with Gasteiger partial charge in [0, 0.05) is 5.56 Å². The van der Waals surface area contributed by atoms with Gasteiger partial charge in [-0.15, -0.1) is 0 Å². The van der Waals surface area contributed by atoms with Crippen LogP contribution in [0.25, 0.3) is 0 Å². The molecule has 15 heavy (non-hydrogen) atoms. The molecule has 1 aromatic rings. The lowest BCUT2D eigenvalue weighted by molar-refractivity contribution is -0.423. The number of methoxy groups -OCH3 is 1. The minimum Gasteiger partial charge on any atom is -0.490 e. The largest absolute Gasteiger partial charge is 0.490 e. The molecule has 0 saturated carbocycles. The molecular weight excluding hydrogens is 204 g/mol. The van der Waals surface area contributed by atoms with E-state index >= 15 is 0 Å². The van der Waals surface area contributed by atoms with Crippen molar-refractivity contribution in [1.82, 2.24) is 0 Å². The number of nitro benzene ring substituents is 2. The fourth-order valence-corrected chi connectivity index (χ4v) is 1.23. The maximum atomic E-state index is 10.7. The number of ether oxygens (including phenoxy) is 1. The average molecular weight is 212 g/mol. The van der Waals surface area contributed by atoms with E-state index in [-0.39, 0.29) is 11.3 Å². The third-order valence-electron chi connectivity index (χ3n) is 1.90. The van der Waals surface area contributed by atoms with Crippen molar-refractivity contribution in [2.45, 2.75) is 6.92 Å². The molecule has 1 rings (SSSR count). The monoisotopic (exact) mass is 212 g/mol. The topological polar surface area (TPSA) is 95.5 Å². The lowest BCUT2D eigenvalue weighted by Gasteiger charge is -2.03. The number of aryl methyl sites for hydroxylation is 1. The summed E-state index contributed by atoms with van der Waals surface area (Å²) in [5.74, 6) is -0.114. The average Bonchev–Trinajstić information content (AvgIpc) is 2.16. The van der Waals surface area contributed by atoms with Crippen LogP contribution in [-0.2, 0) is 0 Å². The van der Waals surface area contributed by atoms with Crippen molar-refractivity contribution in [3.63, 3.8) is 0 Å². The van der Waals surface area contributed by atoms with E-state index in [0.717, 1.165) is 0 Å². The Bertz CT molecular complexity index is 429. The van der Waals surface area contributed by atoms with Gasteiger partial charge in [-0.05, 0) is 19.1 Å². The Balaban J connectivity index is 3.58. The Hall–Kier alpha value is -2.18. The second-order valence-electron chi connectivity index (χ2n) is 2.80. The third-order valence-corrected chi connectivity index (χ3v) is 1.90. The van der Waals surface area contributed by atoms with Crippen molar-refractivity contribution in [3.8, 4) is 5.75 Å². The molecule has 0 amide bonds. The molecule has 0 bridgehead atoms. The second-order valence-corrected chi connectivity index (χ2v) is 2.80. The zero-order valence-corrected chi connectivity index (χ0v) is 8.09. The highest BCUT2D eigenvalue weighted by molar-refractivity contribution is 5.65. The Morgan fingerprint density at radius 1 is 1.13 bits per heavy atom. The van der Waals surface area contributed by atoms with Crippen LogP contribution in [0.2, 0.25) is 0 Å². The fourth-order valence-electron chi connectivity index (χ4n) is 1.23. The van der Waals surface area contributed by atoms with Gasteiger partial charge < -0.3 is 4.74 Å². The lowest BCUT2D eigenvalue weighted by Crippen LogP contribution is -2.01. The van der Waals surface area contributed by atoms with E-state index in [1.54, 1.807) is 0 Å². The van der Waals surface area contributed by atoms with Gasteiger partial charge in [0.15, 0.2) is 0 Å². The summed E-state index contributed by atoms with van der Waals surface area (Å²) in [6, 6.07) is 2.74. The molecule has 0 heterocycles. The van der Waals surface area contributed by atoms with Crippen molar-refractivity contribution in [2.24, 2.45) is 0 Å². The van der Waals surface area contributed by atoms with Crippen LogP contribution in [0.4, 0.5) is 11.4 Å². The highest BCUT2D eigenvalue weighted by Crippen LogP contribution is 2.38. The highest BCUT2D eigenvalue weighted by atomic mass is 16.6. The smallest absolute Gasteiger partial charge is 0.387 e. The molecule has 0 radical (unpaired) electrons. The van der Waals surface area contributed by atoms with Gasteiger partial charge in [0.1, 0.15) is 0 Å². The fraction of sp³-hybridized carbons (Fsp3) is 0.250. The van der Waals surface area contributed by atoms with Gasteiger partial charge in [-0.25, -0.2) is 0 Å². The molecule has 80 valence electrons. The minimum absolute atomic E-state index is 0.114. The van der Waals surface area contributed by atoms with Gasteiger partial charge in [0.05, 0.1) is 17.0 Å². The van der Waals surface area contributed by atoms with Crippen molar-refractivity contribution < 1.29 is 14.6 Å². The molecule has 0 aliphatic heterocycles. The summed E-state index contributed by atoms with van der Waals surface area (Å²) in [6.07, 6.45) is 0. The highest BCUT2D eigenvalue weighted by Gasteiger charge is 2.31. The zero-order valence-electron chi connectivity index (χ0n) is 8.09. The van der Waals surface area contributed by atoms with Crippen molar-refractivity contribution in [2.75, 3.05) is 7.11 Å². The quantitative estimate of drug-likeness (QED) is 0.562. The van der Waals surface area contributed by atoms with Crippen molar-refractivity contribution in [3.05, 3.63) is 37.9 Å². The summed E-state index contributed by atoms with van der Waals surface area (Å²) < 4.78 is 4.71. The first-order chi connectivity index (χ1) is 6.99. The second kappa shape index (κ2) is 3.91. The predicted molar refractivity (Wildman–Crippen MR) is 51.0 cm³/mol. The molecule has 0 aliphatic rings. The lowest BCUT2D eigenvalue weighted by atomic mass is 10.1. The van der Waals surface area contributed by atoms with Crippen LogP contribution < -0.4 is 4.74 Å². The van der Waals surface area contributed by atoms with Crippen LogP contribution in [-0.4, -0.2) is 17.0 Å². The molecular formula is C8H8N2O5. The Labute approximate surface area is 84.6 Å². The number of hydrogen-bond acceptors (Lipinski definition) is 5. The van der Waals surface area contributed by atoms with Gasteiger partial charge in [-0.2, -0.15) is 0 Å². The molecule has 1 aromatic carbocycles. The van der Waals surface area contributed by atoms with E-state index in [0.29, 0.717) is 0 Å². The number of nitro groups is 2. The molecule has 0 aliphatic carbocycles. The molecule has 0 atom stereocenters. The molecule has 7 nitrogen and oxygen atoms in total. The van der Waals surface area contributed by atoms with E-state index in [2.05, 4.69) is 0 Å². The number of hydrogen-bond donors (Lipinski definition) is 0. The third kappa shape index (κ3) is 1.85. The Morgan fingerprint density at radius 2 is 1.67 bits per heavy atom. The zero-order chi connectivity index (χ0) is 11.6. The maximum Gasteiger partial charge on any atom is 0.387 e. The van der Waals surface area contributed by atoms with Crippen molar-refractivity contribution in [1.29, 1.82) is 0 Å². The van der Waals surface area contributed by atoms with Gasteiger partial charge in [0.25, 0.3) is 0 Å².